The number of carbonyl (C=O) groups excluding carboxylic acids is 2. The van der Waals surface area contributed by atoms with E-state index in [1.54, 1.807) is 11.8 Å². The minimum atomic E-state index is -0.820. The summed E-state index contributed by atoms with van der Waals surface area (Å²) in [7, 11) is 0. The van der Waals surface area contributed by atoms with Gasteiger partial charge in [-0.05, 0) is 12.8 Å². The first-order chi connectivity index (χ1) is 9.40. The van der Waals surface area contributed by atoms with Crippen molar-refractivity contribution in [2.75, 3.05) is 26.2 Å². The van der Waals surface area contributed by atoms with E-state index >= 15 is 0 Å². The van der Waals surface area contributed by atoms with Crippen LogP contribution in [-0.2, 0) is 9.59 Å². The number of rotatable bonds is 3. The molecular weight excluding hydrogens is 262 g/mol. The minimum absolute atomic E-state index is 0.0183. The summed E-state index contributed by atoms with van der Waals surface area (Å²) in [6.45, 7) is 3.66. The summed E-state index contributed by atoms with van der Waals surface area (Å²) in [5.74, 6) is -1.39. The lowest BCUT2D eigenvalue weighted by Gasteiger charge is -2.44. The van der Waals surface area contributed by atoms with Crippen LogP contribution in [0.4, 0.5) is 4.79 Å². The zero-order valence-electron chi connectivity index (χ0n) is 11.6. The molecule has 0 aromatic rings. The second kappa shape index (κ2) is 5.68. The van der Waals surface area contributed by atoms with E-state index in [0.717, 1.165) is 12.8 Å². The van der Waals surface area contributed by atoms with E-state index in [9.17, 15) is 14.4 Å². The smallest absolute Gasteiger partial charge is 0.314 e. The van der Waals surface area contributed by atoms with Crippen LogP contribution in [0, 0.1) is 17.8 Å². The van der Waals surface area contributed by atoms with Gasteiger partial charge in [0, 0.05) is 32.1 Å². The molecular formula is C13H21N3O4. The van der Waals surface area contributed by atoms with Crippen LogP contribution >= 0.6 is 0 Å². The van der Waals surface area contributed by atoms with Crippen molar-refractivity contribution in [2.24, 2.45) is 23.5 Å². The van der Waals surface area contributed by atoms with Gasteiger partial charge in [0.1, 0.15) is 0 Å². The van der Waals surface area contributed by atoms with Gasteiger partial charge in [-0.25, -0.2) is 4.79 Å². The van der Waals surface area contributed by atoms with Crippen LogP contribution in [0.1, 0.15) is 19.8 Å². The Labute approximate surface area is 117 Å². The highest BCUT2D eigenvalue weighted by molar-refractivity contribution is 5.81. The van der Waals surface area contributed by atoms with Crippen LogP contribution < -0.4 is 5.73 Å². The lowest BCUT2D eigenvalue weighted by atomic mass is 9.85. The average Bonchev–Trinajstić information content (AvgIpc) is 2.36. The monoisotopic (exact) mass is 283 g/mol. The van der Waals surface area contributed by atoms with Gasteiger partial charge in [-0.2, -0.15) is 0 Å². The molecule has 2 unspecified atom stereocenters. The Hall–Kier alpha value is -1.79. The summed E-state index contributed by atoms with van der Waals surface area (Å²) in [6, 6.07) is -0.483. The van der Waals surface area contributed by atoms with Crippen molar-refractivity contribution in [1.82, 2.24) is 9.80 Å². The summed E-state index contributed by atoms with van der Waals surface area (Å²) in [6.07, 6.45) is 1.54. The largest absolute Gasteiger partial charge is 0.481 e. The Balaban J connectivity index is 1.84. The third kappa shape index (κ3) is 2.86. The van der Waals surface area contributed by atoms with Gasteiger partial charge in [0.15, 0.2) is 0 Å². The Kier molecular flexibility index (Phi) is 4.15. The minimum Gasteiger partial charge on any atom is -0.481 e. The van der Waals surface area contributed by atoms with Crippen LogP contribution in [0.2, 0.25) is 0 Å². The van der Waals surface area contributed by atoms with Crippen molar-refractivity contribution in [3.63, 3.8) is 0 Å². The van der Waals surface area contributed by atoms with Gasteiger partial charge in [0.2, 0.25) is 5.91 Å². The number of amides is 3. The van der Waals surface area contributed by atoms with E-state index in [1.807, 2.05) is 0 Å². The van der Waals surface area contributed by atoms with E-state index in [-0.39, 0.29) is 17.7 Å². The number of carbonyl (C=O) groups is 3. The van der Waals surface area contributed by atoms with Gasteiger partial charge in [0.05, 0.1) is 11.8 Å². The van der Waals surface area contributed by atoms with Gasteiger partial charge in [0.25, 0.3) is 0 Å². The summed E-state index contributed by atoms with van der Waals surface area (Å²) in [5, 5.41) is 8.93. The molecule has 0 saturated carbocycles. The molecule has 0 spiro atoms. The van der Waals surface area contributed by atoms with Crippen molar-refractivity contribution >= 4 is 17.9 Å². The van der Waals surface area contributed by atoms with Gasteiger partial charge in [-0.3, -0.25) is 9.59 Å². The summed E-state index contributed by atoms with van der Waals surface area (Å²) < 4.78 is 0. The molecule has 7 heteroatoms. The first-order valence-electron chi connectivity index (χ1n) is 6.96. The van der Waals surface area contributed by atoms with Gasteiger partial charge in [-0.1, -0.05) is 6.92 Å². The number of urea groups is 1. The van der Waals surface area contributed by atoms with Crippen LogP contribution in [0.15, 0.2) is 0 Å². The van der Waals surface area contributed by atoms with E-state index < -0.39 is 17.9 Å². The molecule has 2 heterocycles. The lowest BCUT2D eigenvalue weighted by molar-refractivity contribution is -0.153. The number of hydrogen-bond acceptors (Lipinski definition) is 3. The molecule has 0 aliphatic carbocycles. The standard InChI is InChI=1S/C13H21N3O4/c1-8(12(18)19)10-6-16(7-10)11(17)9-3-2-4-15(5-9)13(14)20/h8-10H,2-7H2,1H3,(H2,14,20)(H,18,19). The number of carboxylic acids is 1. The van der Waals surface area contributed by atoms with Crippen molar-refractivity contribution in [2.45, 2.75) is 19.8 Å². The normalized spacial score (nSPS) is 24.9. The van der Waals surface area contributed by atoms with Crippen molar-refractivity contribution in [3.05, 3.63) is 0 Å². The first-order valence-corrected chi connectivity index (χ1v) is 6.96. The molecule has 0 aromatic heterocycles. The SMILES string of the molecule is CC(C(=O)O)C1CN(C(=O)C2CCCN(C(N)=O)C2)C1. The van der Waals surface area contributed by atoms with Crippen molar-refractivity contribution in [3.8, 4) is 0 Å². The molecule has 20 heavy (non-hydrogen) atoms. The summed E-state index contributed by atoms with van der Waals surface area (Å²) >= 11 is 0. The van der Waals surface area contributed by atoms with Gasteiger partial charge in [-0.15, -0.1) is 0 Å². The summed E-state index contributed by atoms with van der Waals surface area (Å²) in [4.78, 5) is 37.5. The quantitative estimate of drug-likeness (QED) is 0.758. The molecule has 0 aromatic carbocycles. The molecule has 2 aliphatic heterocycles. The van der Waals surface area contributed by atoms with E-state index in [2.05, 4.69) is 0 Å². The predicted octanol–water partition coefficient (Wildman–Crippen LogP) is -0.0438. The Morgan fingerprint density at radius 2 is 1.85 bits per heavy atom. The molecule has 2 atom stereocenters. The van der Waals surface area contributed by atoms with E-state index in [4.69, 9.17) is 10.8 Å². The topological polar surface area (TPSA) is 104 Å². The Morgan fingerprint density at radius 1 is 1.20 bits per heavy atom. The average molecular weight is 283 g/mol. The van der Waals surface area contributed by atoms with Crippen LogP contribution in [0.5, 0.6) is 0 Å². The fourth-order valence-corrected chi connectivity index (χ4v) is 2.85. The molecule has 7 nitrogen and oxygen atoms in total. The highest BCUT2D eigenvalue weighted by Gasteiger charge is 2.40. The number of aliphatic carboxylic acids is 1. The summed E-state index contributed by atoms with van der Waals surface area (Å²) in [5.41, 5.74) is 5.24. The highest BCUT2D eigenvalue weighted by Crippen LogP contribution is 2.28. The van der Waals surface area contributed by atoms with Crippen molar-refractivity contribution in [1.29, 1.82) is 0 Å². The van der Waals surface area contributed by atoms with Crippen LogP contribution in [0.3, 0.4) is 0 Å². The van der Waals surface area contributed by atoms with Gasteiger partial charge < -0.3 is 20.6 Å². The third-order valence-electron chi connectivity index (χ3n) is 4.40. The second-order valence-corrected chi connectivity index (χ2v) is 5.75. The lowest BCUT2D eigenvalue weighted by Crippen LogP contribution is -2.57. The van der Waals surface area contributed by atoms with Gasteiger partial charge >= 0.3 is 12.0 Å². The molecule has 3 N–H and O–H groups in total. The number of likely N-dealkylation sites (tertiary alicyclic amines) is 2. The molecule has 2 rings (SSSR count). The Morgan fingerprint density at radius 3 is 2.40 bits per heavy atom. The number of piperidine rings is 1. The number of carboxylic acid groups (broad SMARTS) is 1. The maximum atomic E-state index is 12.3. The fraction of sp³-hybridized carbons (Fsp3) is 0.769. The second-order valence-electron chi connectivity index (χ2n) is 5.75. The number of nitrogens with zero attached hydrogens (tertiary/aromatic N) is 2. The zero-order valence-corrected chi connectivity index (χ0v) is 11.6. The van der Waals surface area contributed by atoms with Crippen LogP contribution in [-0.4, -0.2) is 59.0 Å². The molecule has 112 valence electrons. The zero-order chi connectivity index (χ0) is 14.9. The Bertz CT molecular complexity index is 420. The maximum absolute atomic E-state index is 12.3. The van der Waals surface area contributed by atoms with Crippen molar-refractivity contribution < 1.29 is 19.5 Å². The predicted molar refractivity (Wildman–Crippen MR) is 70.8 cm³/mol. The highest BCUT2D eigenvalue weighted by atomic mass is 16.4. The molecule has 2 aliphatic rings. The number of primary amides is 1. The van der Waals surface area contributed by atoms with Crippen LogP contribution in [0.25, 0.3) is 0 Å². The van der Waals surface area contributed by atoms with E-state index in [0.29, 0.717) is 26.2 Å². The molecule has 3 amide bonds. The third-order valence-corrected chi connectivity index (χ3v) is 4.40. The molecule has 2 saturated heterocycles. The fourth-order valence-electron chi connectivity index (χ4n) is 2.85. The number of hydrogen-bond donors (Lipinski definition) is 2. The molecule has 0 bridgehead atoms. The number of nitrogens with two attached hydrogens (primary N) is 1. The molecule has 2 fully saturated rings. The van der Waals surface area contributed by atoms with E-state index in [1.165, 1.54) is 4.90 Å². The first kappa shape index (κ1) is 14.6. The molecule has 0 radical (unpaired) electrons. The maximum Gasteiger partial charge on any atom is 0.314 e.